The van der Waals surface area contributed by atoms with Crippen LogP contribution in [0.4, 0.5) is 11.6 Å². The summed E-state index contributed by atoms with van der Waals surface area (Å²) in [4.78, 5) is 23.4. The van der Waals surface area contributed by atoms with Gasteiger partial charge in [-0.3, -0.25) is 10.4 Å². The molecule has 0 aliphatic rings. The van der Waals surface area contributed by atoms with Crippen LogP contribution in [0.5, 0.6) is 6.01 Å². The summed E-state index contributed by atoms with van der Waals surface area (Å²) in [5.41, 5.74) is 5.96. The highest BCUT2D eigenvalue weighted by Gasteiger charge is 2.13. The second-order valence-corrected chi connectivity index (χ2v) is 7.80. The molecule has 4 rings (SSSR count). The summed E-state index contributed by atoms with van der Waals surface area (Å²) in [5, 5.41) is 5.43. The molecule has 0 saturated carbocycles. The average molecular weight is 489 g/mol. The highest BCUT2D eigenvalue weighted by molar-refractivity contribution is 5.92. The number of rotatable bonds is 12. The largest absolute Gasteiger partial charge is 0.463 e. The minimum absolute atomic E-state index is 0.284. The van der Waals surface area contributed by atoms with E-state index in [2.05, 4.69) is 54.2 Å². The number of hydrogen-bond acceptors (Lipinski definition) is 8. The molecule has 3 aromatic heterocycles. The summed E-state index contributed by atoms with van der Waals surface area (Å²) < 4.78 is 5.89. The number of nitrogens with zero attached hydrogens (tertiary/aromatic N) is 6. The molecule has 3 heterocycles. The molecule has 190 valence electrons. The summed E-state index contributed by atoms with van der Waals surface area (Å²) in [6.07, 6.45) is 7.91. The number of fused-ring (bicyclic) bond motifs is 1. The van der Waals surface area contributed by atoms with Crippen LogP contribution in [0.1, 0.15) is 52.1 Å². The Morgan fingerprint density at radius 2 is 1.78 bits per heavy atom. The van der Waals surface area contributed by atoms with Crippen molar-refractivity contribution in [1.29, 1.82) is 0 Å². The van der Waals surface area contributed by atoms with Crippen LogP contribution in [0, 0.1) is 0 Å². The summed E-state index contributed by atoms with van der Waals surface area (Å²) >= 11 is 0. The molecular formula is C27H36N8O. The number of ether oxygens (including phenoxy) is 1. The SMILES string of the molecule is CC.CCCN(CCC)c1nc(/C=N/Nc2c[nH]c3ccccc23)nc(OCCc2ccccn2)n1. The van der Waals surface area contributed by atoms with Crippen LogP contribution in [-0.4, -0.2) is 50.8 Å². The Balaban J connectivity index is 0.00000176. The van der Waals surface area contributed by atoms with E-state index in [-0.39, 0.29) is 6.01 Å². The van der Waals surface area contributed by atoms with Gasteiger partial charge >= 0.3 is 6.01 Å². The number of anilines is 2. The number of aromatic amines is 1. The third-order valence-corrected chi connectivity index (χ3v) is 5.16. The molecule has 0 aliphatic carbocycles. The van der Waals surface area contributed by atoms with Crippen LogP contribution in [0.2, 0.25) is 0 Å². The number of pyridine rings is 1. The van der Waals surface area contributed by atoms with Crippen LogP contribution in [0.3, 0.4) is 0 Å². The zero-order chi connectivity index (χ0) is 25.6. The molecule has 0 amide bonds. The quantitative estimate of drug-likeness (QED) is 0.201. The number of nitrogens with one attached hydrogen (secondary N) is 2. The molecule has 9 nitrogen and oxygen atoms in total. The molecule has 0 fully saturated rings. The first-order valence-electron chi connectivity index (χ1n) is 12.7. The predicted molar refractivity (Wildman–Crippen MR) is 147 cm³/mol. The summed E-state index contributed by atoms with van der Waals surface area (Å²) in [6, 6.07) is 14.2. The van der Waals surface area contributed by atoms with E-state index >= 15 is 0 Å². The first kappa shape index (κ1) is 26.6. The topological polar surface area (TPSA) is 104 Å². The lowest BCUT2D eigenvalue weighted by Crippen LogP contribution is -2.27. The summed E-state index contributed by atoms with van der Waals surface area (Å²) in [6.45, 7) is 10.4. The minimum atomic E-state index is 0.284. The van der Waals surface area contributed by atoms with Crippen molar-refractivity contribution in [3.63, 3.8) is 0 Å². The molecule has 0 aliphatic heterocycles. The van der Waals surface area contributed by atoms with Crippen molar-refractivity contribution < 1.29 is 4.74 Å². The lowest BCUT2D eigenvalue weighted by molar-refractivity contribution is 0.293. The van der Waals surface area contributed by atoms with Crippen molar-refractivity contribution in [2.24, 2.45) is 5.10 Å². The Hall–Kier alpha value is -4.01. The maximum absolute atomic E-state index is 5.89. The first-order chi connectivity index (χ1) is 17.8. The smallest absolute Gasteiger partial charge is 0.321 e. The molecular weight excluding hydrogens is 452 g/mol. The van der Waals surface area contributed by atoms with E-state index in [0.717, 1.165) is 48.2 Å². The molecule has 0 atom stereocenters. The van der Waals surface area contributed by atoms with Crippen molar-refractivity contribution >= 4 is 28.8 Å². The van der Waals surface area contributed by atoms with Crippen molar-refractivity contribution in [1.82, 2.24) is 24.9 Å². The van der Waals surface area contributed by atoms with Crippen LogP contribution in [0.25, 0.3) is 10.9 Å². The van der Waals surface area contributed by atoms with E-state index in [9.17, 15) is 0 Å². The molecule has 0 bridgehead atoms. The number of aromatic nitrogens is 5. The fraction of sp³-hybridized carbons (Fsp3) is 0.370. The van der Waals surface area contributed by atoms with Gasteiger partial charge in [0.05, 0.1) is 18.5 Å². The highest BCUT2D eigenvalue weighted by atomic mass is 16.5. The molecule has 0 spiro atoms. The van der Waals surface area contributed by atoms with Crippen molar-refractivity contribution in [3.05, 3.63) is 66.4 Å². The van der Waals surface area contributed by atoms with E-state index in [1.54, 1.807) is 12.4 Å². The van der Waals surface area contributed by atoms with Crippen LogP contribution in [0.15, 0.2) is 60.0 Å². The third kappa shape index (κ3) is 7.49. The molecule has 36 heavy (non-hydrogen) atoms. The lowest BCUT2D eigenvalue weighted by atomic mass is 10.2. The van der Waals surface area contributed by atoms with Gasteiger partial charge in [0.2, 0.25) is 5.95 Å². The van der Waals surface area contributed by atoms with Gasteiger partial charge in [0.15, 0.2) is 5.82 Å². The second kappa shape index (κ2) is 14.4. The Morgan fingerprint density at radius 3 is 2.53 bits per heavy atom. The van der Waals surface area contributed by atoms with E-state index in [1.807, 2.05) is 62.5 Å². The fourth-order valence-electron chi connectivity index (χ4n) is 3.59. The van der Waals surface area contributed by atoms with Crippen molar-refractivity contribution in [2.45, 2.75) is 47.0 Å². The Labute approximate surface area is 213 Å². The molecule has 4 aromatic rings. The Kier molecular flexibility index (Phi) is 10.6. The standard InChI is InChI=1S/C25H30N8O.C2H6/c1-3-14-33(15-4-2)24-29-23(18-28-32-22-17-27-21-11-6-5-10-20(21)22)30-25(31-24)34-16-12-19-9-7-8-13-26-19;1-2/h5-11,13,17-18,27,32H,3-4,12,14-16H2,1-2H3;1-2H3/b28-18+;. The minimum Gasteiger partial charge on any atom is -0.463 e. The zero-order valence-corrected chi connectivity index (χ0v) is 21.6. The molecule has 1 aromatic carbocycles. The lowest BCUT2D eigenvalue weighted by Gasteiger charge is -2.21. The number of H-pyrrole nitrogens is 1. The summed E-state index contributed by atoms with van der Waals surface area (Å²) in [5.74, 6) is 1.03. The van der Waals surface area contributed by atoms with Gasteiger partial charge < -0.3 is 14.6 Å². The van der Waals surface area contributed by atoms with Gasteiger partial charge in [-0.05, 0) is 31.0 Å². The van der Waals surface area contributed by atoms with Gasteiger partial charge in [-0.1, -0.05) is 52.0 Å². The monoisotopic (exact) mass is 488 g/mol. The highest BCUT2D eigenvalue weighted by Crippen LogP contribution is 2.22. The maximum Gasteiger partial charge on any atom is 0.321 e. The normalized spacial score (nSPS) is 10.8. The van der Waals surface area contributed by atoms with Crippen molar-refractivity contribution in [2.75, 3.05) is 30.0 Å². The molecule has 9 heteroatoms. The number of hydrazone groups is 1. The zero-order valence-electron chi connectivity index (χ0n) is 21.6. The molecule has 0 radical (unpaired) electrons. The van der Waals surface area contributed by atoms with Gasteiger partial charge in [0, 0.05) is 48.5 Å². The first-order valence-corrected chi connectivity index (χ1v) is 12.7. The Bertz CT molecular complexity index is 1200. The predicted octanol–water partition coefficient (Wildman–Crippen LogP) is 5.47. The van der Waals surface area contributed by atoms with E-state index in [1.165, 1.54) is 0 Å². The van der Waals surface area contributed by atoms with E-state index in [4.69, 9.17) is 4.74 Å². The van der Waals surface area contributed by atoms with E-state index < -0.39 is 0 Å². The second-order valence-electron chi connectivity index (χ2n) is 7.80. The van der Waals surface area contributed by atoms with E-state index in [0.29, 0.717) is 24.8 Å². The third-order valence-electron chi connectivity index (χ3n) is 5.16. The summed E-state index contributed by atoms with van der Waals surface area (Å²) in [7, 11) is 0. The average Bonchev–Trinajstić information content (AvgIpc) is 3.33. The fourth-order valence-corrected chi connectivity index (χ4v) is 3.59. The molecule has 0 unspecified atom stereocenters. The maximum atomic E-state index is 5.89. The number of para-hydroxylation sites is 1. The number of hydrogen-bond donors (Lipinski definition) is 2. The Morgan fingerprint density at radius 1 is 1.00 bits per heavy atom. The van der Waals surface area contributed by atoms with Crippen LogP contribution >= 0.6 is 0 Å². The van der Waals surface area contributed by atoms with Crippen molar-refractivity contribution in [3.8, 4) is 6.01 Å². The van der Waals surface area contributed by atoms with Crippen LogP contribution < -0.4 is 15.1 Å². The van der Waals surface area contributed by atoms with Gasteiger partial charge in [-0.25, -0.2) is 0 Å². The molecule has 2 N–H and O–H groups in total. The van der Waals surface area contributed by atoms with Crippen LogP contribution in [-0.2, 0) is 6.42 Å². The number of benzene rings is 1. The van der Waals surface area contributed by atoms with Gasteiger partial charge in [-0.2, -0.15) is 20.1 Å². The van der Waals surface area contributed by atoms with Gasteiger partial charge in [0.1, 0.15) is 0 Å². The van der Waals surface area contributed by atoms with Gasteiger partial charge in [-0.15, -0.1) is 0 Å². The van der Waals surface area contributed by atoms with Gasteiger partial charge in [0.25, 0.3) is 0 Å². The molecule has 0 saturated heterocycles.